The van der Waals surface area contributed by atoms with Crippen molar-refractivity contribution in [2.24, 2.45) is 4.99 Å². The quantitative estimate of drug-likeness (QED) is 0.173. The van der Waals surface area contributed by atoms with Crippen molar-refractivity contribution in [3.63, 3.8) is 0 Å². The minimum atomic E-state index is -0.315. The van der Waals surface area contributed by atoms with E-state index in [1.54, 1.807) is 0 Å². The monoisotopic (exact) mass is 728 g/mol. The van der Waals surface area contributed by atoms with Crippen LogP contribution < -0.4 is 5.32 Å². The zero-order valence-electron chi connectivity index (χ0n) is 31.0. The van der Waals surface area contributed by atoms with E-state index in [4.69, 9.17) is 4.99 Å². The van der Waals surface area contributed by atoms with E-state index >= 15 is 0 Å². The fourth-order valence-corrected chi connectivity index (χ4v) is 8.73. The first kappa shape index (κ1) is 32.8. The second-order valence-corrected chi connectivity index (χ2v) is 14.6. The Labute approximate surface area is 330 Å². The average molecular weight is 729 g/mol. The van der Waals surface area contributed by atoms with Gasteiger partial charge in [-0.05, 0) is 97.4 Å². The van der Waals surface area contributed by atoms with E-state index in [-0.39, 0.29) is 6.17 Å². The van der Waals surface area contributed by atoms with Crippen LogP contribution in [0.5, 0.6) is 0 Å². The molecule has 0 aliphatic carbocycles. The lowest BCUT2D eigenvalue weighted by Gasteiger charge is -2.25. The van der Waals surface area contributed by atoms with Crippen molar-refractivity contribution in [2.45, 2.75) is 6.17 Å². The number of aromatic nitrogens is 2. The number of fused-ring (bicyclic) bond motifs is 5. The molecular weight excluding hydrogens is 693 g/mol. The van der Waals surface area contributed by atoms with E-state index in [0.717, 1.165) is 61.2 Å². The molecule has 0 saturated heterocycles. The van der Waals surface area contributed by atoms with Gasteiger partial charge < -0.3 is 9.88 Å². The van der Waals surface area contributed by atoms with Gasteiger partial charge in [0.05, 0.1) is 16.7 Å². The maximum atomic E-state index is 5.47. The van der Waals surface area contributed by atoms with E-state index in [1.165, 1.54) is 38.2 Å². The second kappa shape index (κ2) is 13.6. The summed E-state index contributed by atoms with van der Waals surface area (Å²) in [5.41, 5.74) is 13.5. The Bertz CT molecular complexity index is 3140. The Balaban J connectivity index is 1.08. The Morgan fingerprint density at radius 1 is 0.439 bits per heavy atom. The molecule has 0 spiro atoms. The Kier molecular flexibility index (Phi) is 7.85. The van der Waals surface area contributed by atoms with E-state index in [1.807, 2.05) is 12.4 Å². The maximum Gasteiger partial charge on any atom is 0.145 e. The first-order valence-electron chi connectivity index (χ1n) is 19.4. The summed E-state index contributed by atoms with van der Waals surface area (Å²) in [7, 11) is 0. The first-order valence-corrected chi connectivity index (χ1v) is 19.4. The molecule has 268 valence electrons. The molecule has 10 aromatic rings. The highest BCUT2D eigenvalue weighted by atomic mass is 15.1. The van der Waals surface area contributed by atoms with Crippen LogP contribution in [-0.4, -0.2) is 15.3 Å². The van der Waals surface area contributed by atoms with E-state index in [2.05, 4.69) is 209 Å². The molecule has 0 fully saturated rings. The molecule has 1 aliphatic heterocycles. The molecule has 1 N–H and O–H groups in total. The standard InChI is InChI=1S/C53H36N4/c1-4-15-35(16-5-1)47-33-48(37-27-28-49-45(32-37)46-34-54-30-29-50(46)57(49)40-21-8-3-9-22-40)56-53(55-47)39-20-14-19-38(31-39)52-43-25-12-10-23-41(43)51(36-17-6-2-7-18-36)42-24-11-13-26-44(42)52/h1-34,53,55H. The Morgan fingerprint density at radius 3 is 1.70 bits per heavy atom. The molecule has 4 nitrogen and oxygen atoms in total. The number of allylic oxidation sites excluding steroid dienone is 1. The largest absolute Gasteiger partial charge is 0.360 e. The number of hydrogen-bond acceptors (Lipinski definition) is 3. The summed E-state index contributed by atoms with van der Waals surface area (Å²) in [5, 5.41) is 11.0. The molecule has 1 atom stereocenters. The molecule has 57 heavy (non-hydrogen) atoms. The van der Waals surface area contributed by atoms with Gasteiger partial charge in [-0.2, -0.15) is 0 Å². The van der Waals surface area contributed by atoms with Crippen LogP contribution >= 0.6 is 0 Å². The van der Waals surface area contributed by atoms with Crippen LogP contribution in [0.15, 0.2) is 212 Å². The lowest BCUT2D eigenvalue weighted by atomic mass is 9.85. The number of benzene rings is 8. The van der Waals surface area contributed by atoms with Crippen LogP contribution in [0, 0.1) is 0 Å². The number of rotatable bonds is 6. The van der Waals surface area contributed by atoms with Crippen molar-refractivity contribution < 1.29 is 0 Å². The molecule has 1 unspecified atom stereocenters. The van der Waals surface area contributed by atoms with Crippen molar-refractivity contribution in [2.75, 3.05) is 0 Å². The van der Waals surface area contributed by atoms with E-state index in [0.29, 0.717) is 0 Å². The van der Waals surface area contributed by atoms with Gasteiger partial charge in [0, 0.05) is 40.1 Å². The highest BCUT2D eigenvalue weighted by molar-refractivity contribution is 6.21. The lowest BCUT2D eigenvalue weighted by molar-refractivity contribution is 0.664. The third-order valence-electron chi connectivity index (χ3n) is 11.3. The second-order valence-electron chi connectivity index (χ2n) is 14.6. The van der Waals surface area contributed by atoms with Crippen LogP contribution in [0.3, 0.4) is 0 Å². The predicted octanol–water partition coefficient (Wildman–Crippen LogP) is 13.0. The zero-order valence-corrected chi connectivity index (χ0v) is 31.0. The molecule has 0 radical (unpaired) electrons. The van der Waals surface area contributed by atoms with Crippen molar-refractivity contribution in [3.05, 3.63) is 223 Å². The number of hydrogen-bond donors (Lipinski definition) is 1. The first-order chi connectivity index (χ1) is 28.3. The lowest BCUT2D eigenvalue weighted by Crippen LogP contribution is -2.24. The van der Waals surface area contributed by atoms with Gasteiger partial charge in [0.15, 0.2) is 0 Å². The summed E-state index contributed by atoms with van der Waals surface area (Å²) in [6.45, 7) is 0. The van der Waals surface area contributed by atoms with Crippen molar-refractivity contribution >= 4 is 54.8 Å². The zero-order chi connectivity index (χ0) is 37.7. The van der Waals surface area contributed by atoms with E-state index < -0.39 is 0 Å². The van der Waals surface area contributed by atoms with Gasteiger partial charge in [0.1, 0.15) is 6.17 Å². The maximum absolute atomic E-state index is 5.47. The Morgan fingerprint density at radius 2 is 1.02 bits per heavy atom. The number of para-hydroxylation sites is 1. The number of pyridine rings is 1. The molecule has 4 heteroatoms. The topological polar surface area (TPSA) is 42.2 Å². The fraction of sp³-hybridized carbons (Fsp3) is 0.0189. The highest BCUT2D eigenvalue weighted by Gasteiger charge is 2.23. The summed E-state index contributed by atoms with van der Waals surface area (Å²) in [5.74, 6) is 0. The summed E-state index contributed by atoms with van der Waals surface area (Å²) < 4.78 is 2.32. The molecule has 1 aliphatic rings. The van der Waals surface area contributed by atoms with Gasteiger partial charge in [-0.3, -0.25) is 9.98 Å². The summed E-state index contributed by atoms with van der Waals surface area (Å²) in [4.78, 5) is 10.0. The van der Waals surface area contributed by atoms with Crippen molar-refractivity contribution in [3.8, 4) is 27.9 Å². The molecule has 8 aromatic carbocycles. The number of nitrogens with zero attached hydrogens (tertiary/aromatic N) is 3. The van der Waals surface area contributed by atoms with E-state index in [9.17, 15) is 0 Å². The molecule has 0 bridgehead atoms. The van der Waals surface area contributed by atoms with Crippen LogP contribution in [0.4, 0.5) is 0 Å². The van der Waals surface area contributed by atoms with Crippen LogP contribution in [0.2, 0.25) is 0 Å². The van der Waals surface area contributed by atoms with Gasteiger partial charge in [0.2, 0.25) is 0 Å². The third kappa shape index (κ3) is 5.61. The van der Waals surface area contributed by atoms with Gasteiger partial charge in [-0.15, -0.1) is 0 Å². The average Bonchev–Trinajstić information content (AvgIpc) is 3.62. The predicted molar refractivity (Wildman–Crippen MR) is 238 cm³/mol. The molecule has 2 aromatic heterocycles. The summed E-state index contributed by atoms with van der Waals surface area (Å²) >= 11 is 0. The molecule has 0 saturated carbocycles. The van der Waals surface area contributed by atoms with Gasteiger partial charge in [-0.25, -0.2) is 0 Å². The van der Waals surface area contributed by atoms with Gasteiger partial charge in [0.25, 0.3) is 0 Å². The number of nitrogens with one attached hydrogen (secondary N) is 1. The molecular formula is C53H36N4. The van der Waals surface area contributed by atoms with Crippen LogP contribution in [0.25, 0.3) is 77.0 Å². The van der Waals surface area contributed by atoms with Crippen molar-refractivity contribution in [1.29, 1.82) is 0 Å². The highest BCUT2D eigenvalue weighted by Crippen LogP contribution is 2.44. The van der Waals surface area contributed by atoms with Gasteiger partial charge in [-0.1, -0.05) is 152 Å². The summed E-state index contributed by atoms with van der Waals surface area (Å²) in [6.07, 6.45) is 5.72. The minimum Gasteiger partial charge on any atom is -0.360 e. The molecule has 3 heterocycles. The summed E-state index contributed by atoms with van der Waals surface area (Å²) in [6, 6.07) is 67.3. The Hall–Kier alpha value is -7.56. The van der Waals surface area contributed by atoms with Crippen LogP contribution in [-0.2, 0) is 0 Å². The fourth-order valence-electron chi connectivity index (χ4n) is 8.73. The third-order valence-corrected chi connectivity index (χ3v) is 11.3. The van der Waals surface area contributed by atoms with Gasteiger partial charge >= 0.3 is 0 Å². The van der Waals surface area contributed by atoms with Crippen LogP contribution in [0.1, 0.15) is 22.9 Å². The number of aliphatic imine (C=N–C) groups is 1. The molecule has 0 amide bonds. The van der Waals surface area contributed by atoms with Crippen molar-refractivity contribution in [1.82, 2.24) is 14.9 Å². The SMILES string of the molecule is C1=C(c2ccccc2)NC(c2cccc(-c3c4ccccc4c(-c4ccccc4)c4ccccc34)c2)N=C1c1ccc2c(c1)c1cnccc1n2-c1ccccc1. The normalized spacial score (nSPS) is 14.1. The molecule has 11 rings (SSSR count). The smallest absolute Gasteiger partial charge is 0.145 e. The minimum absolute atomic E-state index is 0.315.